The summed E-state index contributed by atoms with van der Waals surface area (Å²) >= 11 is 6.15. The van der Waals surface area contributed by atoms with Crippen LogP contribution in [0.2, 0.25) is 5.02 Å². The minimum absolute atomic E-state index is 0.0822. The number of pyridine rings is 1. The molecular weight excluding hydrogens is 274 g/mol. The van der Waals surface area contributed by atoms with Crippen molar-refractivity contribution < 1.29 is 4.79 Å². The van der Waals surface area contributed by atoms with Gasteiger partial charge in [0.1, 0.15) is 0 Å². The van der Waals surface area contributed by atoms with Crippen LogP contribution in [0.15, 0.2) is 30.5 Å². The zero-order valence-electron chi connectivity index (χ0n) is 11.7. The Labute approximate surface area is 123 Å². The molecule has 1 N–H and O–H groups in total. The molecule has 4 nitrogen and oxygen atoms in total. The third kappa shape index (κ3) is 3.26. The van der Waals surface area contributed by atoms with Gasteiger partial charge in [0, 0.05) is 36.7 Å². The van der Waals surface area contributed by atoms with E-state index >= 15 is 0 Å². The van der Waals surface area contributed by atoms with E-state index < -0.39 is 0 Å². The monoisotopic (exact) mass is 291 g/mol. The Balaban J connectivity index is 2.07. The van der Waals surface area contributed by atoms with Crippen molar-refractivity contribution >= 4 is 28.4 Å². The third-order valence-corrected chi connectivity index (χ3v) is 3.62. The smallest absolute Gasteiger partial charge is 0.236 e. The minimum atomic E-state index is 0.0822. The first-order valence-electron chi connectivity index (χ1n) is 6.60. The van der Waals surface area contributed by atoms with Crippen LogP contribution in [0.5, 0.6) is 0 Å². The summed E-state index contributed by atoms with van der Waals surface area (Å²) in [5.41, 5.74) is 1.92. The van der Waals surface area contributed by atoms with Crippen molar-refractivity contribution in [2.24, 2.45) is 0 Å². The summed E-state index contributed by atoms with van der Waals surface area (Å²) in [6.45, 7) is 3.58. The number of fused-ring (bicyclic) bond motifs is 1. The Kier molecular flexibility index (Phi) is 4.93. The average Bonchev–Trinajstić information content (AvgIpc) is 2.49. The van der Waals surface area contributed by atoms with E-state index in [2.05, 4.69) is 10.3 Å². The van der Waals surface area contributed by atoms with E-state index in [-0.39, 0.29) is 5.91 Å². The van der Waals surface area contributed by atoms with Crippen LogP contribution < -0.4 is 5.32 Å². The maximum Gasteiger partial charge on any atom is 0.236 e. The number of halogens is 1. The molecule has 1 amide bonds. The van der Waals surface area contributed by atoms with Gasteiger partial charge < -0.3 is 10.2 Å². The van der Waals surface area contributed by atoms with Crippen LogP contribution in [0.1, 0.15) is 12.5 Å². The van der Waals surface area contributed by atoms with Gasteiger partial charge in [-0.05, 0) is 30.7 Å². The maximum absolute atomic E-state index is 11.7. The summed E-state index contributed by atoms with van der Waals surface area (Å²) in [6, 6.07) is 7.62. The highest BCUT2D eigenvalue weighted by atomic mass is 35.5. The van der Waals surface area contributed by atoms with Crippen LogP contribution in [0.3, 0.4) is 0 Å². The van der Waals surface area contributed by atoms with E-state index in [0.29, 0.717) is 24.7 Å². The number of benzene rings is 1. The number of aromatic nitrogens is 1. The van der Waals surface area contributed by atoms with Gasteiger partial charge in [-0.1, -0.05) is 17.7 Å². The molecule has 0 saturated carbocycles. The quantitative estimate of drug-likeness (QED) is 0.920. The Morgan fingerprint density at radius 1 is 1.40 bits per heavy atom. The molecule has 0 radical (unpaired) electrons. The molecule has 1 heterocycles. The number of hydrogen-bond donors (Lipinski definition) is 1. The van der Waals surface area contributed by atoms with Gasteiger partial charge in [-0.3, -0.25) is 9.78 Å². The first-order chi connectivity index (χ1) is 9.63. The van der Waals surface area contributed by atoms with E-state index in [4.69, 9.17) is 11.6 Å². The first kappa shape index (κ1) is 14.8. The molecule has 2 aromatic rings. The van der Waals surface area contributed by atoms with E-state index in [1.165, 1.54) is 0 Å². The van der Waals surface area contributed by atoms with Crippen molar-refractivity contribution in [1.29, 1.82) is 0 Å². The molecule has 20 heavy (non-hydrogen) atoms. The summed E-state index contributed by atoms with van der Waals surface area (Å²) in [7, 11) is 1.79. The highest BCUT2D eigenvalue weighted by Crippen LogP contribution is 2.24. The van der Waals surface area contributed by atoms with Crippen molar-refractivity contribution in [3.63, 3.8) is 0 Å². The number of rotatable bonds is 5. The van der Waals surface area contributed by atoms with E-state index in [1.807, 2.05) is 31.2 Å². The predicted molar refractivity (Wildman–Crippen MR) is 81.8 cm³/mol. The van der Waals surface area contributed by atoms with E-state index in [0.717, 1.165) is 16.5 Å². The highest BCUT2D eigenvalue weighted by molar-refractivity contribution is 6.35. The number of carbonyl (C=O) groups excluding carboxylic acids is 1. The fourth-order valence-corrected chi connectivity index (χ4v) is 2.17. The van der Waals surface area contributed by atoms with Gasteiger partial charge >= 0.3 is 0 Å². The van der Waals surface area contributed by atoms with Gasteiger partial charge in [0.2, 0.25) is 5.91 Å². The van der Waals surface area contributed by atoms with Crippen LogP contribution in [-0.2, 0) is 11.3 Å². The molecular formula is C15H18ClN3O. The number of likely N-dealkylation sites (N-methyl/N-ethyl adjacent to an activating group) is 1. The lowest BCUT2D eigenvalue weighted by Gasteiger charge is -2.15. The van der Waals surface area contributed by atoms with Crippen molar-refractivity contribution in [3.05, 3.63) is 41.0 Å². The Morgan fingerprint density at radius 3 is 2.95 bits per heavy atom. The van der Waals surface area contributed by atoms with Crippen molar-refractivity contribution in [1.82, 2.24) is 15.2 Å². The number of carbonyl (C=O) groups is 1. The Bertz CT molecular complexity index is 615. The van der Waals surface area contributed by atoms with Gasteiger partial charge in [-0.15, -0.1) is 0 Å². The second-order valence-electron chi connectivity index (χ2n) is 4.62. The number of amides is 1. The van der Waals surface area contributed by atoms with Crippen molar-refractivity contribution in [2.75, 3.05) is 20.1 Å². The summed E-state index contributed by atoms with van der Waals surface area (Å²) in [5, 5.41) is 4.78. The molecule has 0 aliphatic rings. The van der Waals surface area contributed by atoms with Gasteiger partial charge in [-0.2, -0.15) is 0 Å². The molecule has 0 bridgehead atoms. The van der Waals surface area contributed by atoms with Crippen molar-refractivity contribution in [3.8, 4) is 0 Å². The second kappa shape index (κ2) is 6.68. The van der Waals surface area contributed by atoms with Gasteiger partial charge in [0.25, 0.3) is 0 Å². The molecule has 0 aliphatic carbocycles. The second-order valence-corrected chi connectivity index (χ2v) is 5.02. The van der Waals surface area contributed by atoms with Crippen LogP contribution in [0.4, 0.5) is 0 Å². The molecule has 0 unspecified atom stereocenters. The van der Waals surface area contributed by atoms with E-state index in [9.17, 15) is 4.79 Å². The third-order valence-electron chi connectivity index (χ3n) is 3.29. The van der Waals surface area contributed by atoms with Gasteiger partial charge in [-0.25, -0.2) is 0 Å². The summed E-state index contributed by atoms with van der Waals surface area (Å²) in [4.78, 5) is 17.8. The zero-order chi connectivity index (χ0) is 14.5. The lowest BCUT2D eigenvalue weighted by atomic mass is 10.1. The van der Waals surface area contributed by atoms with Gasteiger partial charge in [0.15, 0.2) is 0 Å². The Morgan fingerprint density at radius 2 is 2.20 bits per heavy atom. The molecule has 0 atom stereocenters. The first-order valence-corrected chi connectivity index (χ1v) is 6.98. The van der Waals surface area contributed by atoms with Crippen LogP contribution in [-0.4, -0.2) is 35.9 Å². The van der Waals surface area contributed by atoms with Crippen LogP contribution in [0.25, 0.3) is 10.9 Å². The molecule has 1 aromatic carbocycles. The SMILES string of the molecule is CCN(C)C(=O)CNCc1ccc(Cl)c2cccnc12. The molecule has 0 spiro atoms. The average molecular weight is 292 g/mol. The summed E-state index contributed by atoms with van der Waals surface area (Å²) in [6.07, 6.45) is 1.75. The minimum Gasteiger partial charge on any atom is -0.345 e. The largest absolute Gasteiger partial charge is 0.345 e. The van der Waals surface area contributed by atoms with Crippen LogP contribution >= 0.6 is 11.6 Å². The fraction of sp³-hybridized carbons (Fsp3) is 0.333. The molecule has 2 rings (SSSR count). The topological polar surface area (TPSA) is 45.2 Å². The number of hydrogen-bond acceptors (Lipinski definition) is 3. The molecule has 5 heteroatoms. The van der Waals surface area contributed by atoms with Gasteiger partial charge in [0.05, 0.1) is 12.1 Å². The molecule has 0 aliphatic heterocycles. The maximum atomic E-state index is 11.7. The zero-order valence-corrected chi connectivity index (χ0v) is 12.4. The standard InChI is InChI=1S/C15H18ClN3O/c1-3-19(2)14(20)10-17-9-11-6-7-13(16)12-5-4-8-18-15(11)12/h4-8,17H,3,9-10H2,1-2H3. The lowest BCUT2D eigenvalue weighted by molar-refractivity contribution is -0.128. The predicted octanol–water partition coefficient (Wildman–Crippen LogP) is 2.46. The highest BCUT2D eigenvalue weighted by Gasteiger charge is 2.08. The van der Waals surface area contributed by atoms with Crippen molar-refractivity contribution in [2.45, 2.75) is 13.5 Å². The summed E-state index contributed by atoms with van der Waals surface area (Å²) < 4.78 is 0. The summed E-state index contributed by atoms with van der Waals surface area (Å²) in [5.74, 6) is 0.0822. The van der Waals surface area contributed by atoms with Crippen LogP contribution in [0, 0.1) is 0 Å². The molecule has 0 fully saturated rings. The molecule has 1 aromatic heterocycles. The normalized spacial score (nSPS) is 10.8. The number of nitrogens with one attached hydrogen (secondary N) is 1. The number of nitrogens with zero attached hydrogens (tertiary/aromatic N) is 2. The molecule has 0 saturated heterocycles. The molecule has 106 valence electrons. The fourth-order valence-electron chi connectivity index (χ4n) is 1.95. The van der Waals surface area contributed by atoms with E-state index in [1.54, 1.807) is 18.1 Å². The Hall–Kier alpha value is -1.65. The lowest BCUT2D eigenvalue weighted by Crippen LogP contribution is -2.35.